The first-order valence-electron chi connectivity index (χ1n) is 7.92. The second-order valence-corrected chi connectivity index (χ2v) is 7.39. The molecule has 28 heavy (non-hydrogen) atoms. The van der Waals surface area contributed by atoms with Crippen molar-refractivity contribution in [3.8, 4) is 5.75 Å². The molecule has 7 nitrogen and oxygen atoms in total. The number of amides is 1. The SMILES string of the molecule is O=C(CN=C1NS(=O)(=O)c2ccccc21)NCc1ccc(OC(F)(F)F)cc1. The number of fused-ring (bicyclic) bond motifs is 1. The van der Waals surface area contributed by atoms with Gasteiger partial charge in [0.15, 0.2) is 0 Å². The molecule has 11 heteroatoms. The first-order valence-corrected chi connectivity index (χ1v) is 9.40. The van der Waals surface area contributed by atoms with Crippen LogP contribution in [-0.4, -0.2) is 33.1 Å². The standard InChI is InChI=1S/C17H14F3N3O4S/c18-17(19,20)27-12-7-5-11(6-8-12)9-21-15(24)10-22-16-13-3-1-2-4-14(13)28(25,26)23-16/h1-8H,9-10H2,(H,21,24)(H,22,23). The third kappa shape index (κ3) is 4.80. The number of aliphatic imine (C=N–C) groups is 1. The summed E-state index contributed by atoms with van der Waals surface area (Å²) in [6.45, 7) is -0.250. The van der Waals surface area contributed by atoms with Crippen molar-refractivity contribution in [1.29, 1.82) is 0 Å². The van der Waals surface area contributed by atoms with E-state index in [0.717, 1.165) is 12.1 Å². The molecule has 0 radical (unpaired) electrons. The van der Waals surface area contributed by atoms with Crippen LogP contribution in [0.5, 0.6) is 5.75 Å². The molecule has 0 aliphatic carbocycles. The molecule has 1 aliphatic rings. The van der Waals surface area contributed by atoms with Gasteiger partial charge in [0.1, 0.15) is 18.1 Å². The van der Waals surface area contributed by atoms with Crippen molar-refractivity contribution in [3.63, 3.8) is 0 Å². The van der Waals surface area contributed by atoms with Crippen molar-refractivity contribution < 1.29 is 31.1 Å². The van der Waals surface area contributed by atoms with Crippen LogP contribution in [0.3, 0.4) is 0 Å². The molecular weight excluding hydrogens is 399 g/mol. The zero-order chi connectivity index (χ0) is 20.4. The first-order chi connectivity index (χ1) is 13.1. The van der Waals surface area contributed by atoms with Gasteiger partial charge in [-0.2, -0.15) is 0 Å². The molecule has 0 aromatic heterocycles. The summed E-state index contributed by atoms with van der Waals surface area (Å²) in [4.78, 5) is 16.0. The van der Waals surface area contributed by atoms with E-state index in [1.807, 2.05) is 0 Å². The fourth-order valence-corrected chi connectivity index (χ4v) is 3.72. The van der Waals surface area contributed by atoms with Gasteiger partial charge < -0.3 is 10.1 Å². The van der Waals surface area contributed by atoms with Crippen molar-refractivity contribution >= 4 is 21.8 Å². The van der Waals surface area contributed by atoms with E-state index in [1.54, 1.807) is 18.2 Å². The van der Waals surface area contributed by atoms with Gasteiger partial charge in [0, 0.05) is 12.1 Å². The number of nitrogens with zero attached hydrogens (tertiary/aromatic N) is 1. The van der Waals surface area contributed by atoms with Crippen molar-refractivity contribution in [1.82, 2.24) is 10.0 Å². The predicted octanol–water partition coefficient (Wildman–Crippen LogP) is 1.94. The Balaban J connectivity index is 1.56. The molecule has 1 aliphatic heterocycles. The number of ether oxygens (including phenoxy) is 1. The average Bonchev–Trinajstić information content (AvgIpc) is 2.89. The maximum Gasteiger partial charge on any atom is 0.573 e. The van der Waals surface area contributed by atoms with Crippen molar-refractivity contribution in [2.24, 2.45) is 4.99 Å². The average molecular weight is 413 g/mol. The number of carbonyl (C=O) groups is 1. The Morgan fingerprint density at radius 2 is 1.79 bits per heavy atom. The highest BCUT2D eigenvalue weighted by molar-refractivity contribution is 7.90. The van der Waals surface area contributed by atoms with Gasteiger partial charge in [0.25, 0.3) is 10.0 Å². The van der Waals surface area contributed by atoms with Crippen LogP contribution in [0.2, 0.25) is 0 Å². The smallest absolute Gasteiger partial charge is 0.406 e. The van der Waals surface area contributed by atoms with Crippen LogP contribution in [0.25, 0.3) is 0 Å². The molecule has 1 heterocycles. The molecule has 0 unspecified atom stereocenters. The predicted molar refractivity (Wildman–Crippen MR) is 93.1 cm³/mol. The topological polar surface area (TPSA) is 96.9 Å². The molecule has 0 bridgehead atoms. The van der Waals surface area contributed by atoms with Crippen LogP contribution in [0.1, 0.15) is 11.1 Å². The zero-order valence-electron chi connectivity index (χ0n) is 14.2. The van der Waals surface area contributed by atoms with Gasteiger partial charge in [-0.25, -0.2) is 8.42 Å². The summed E-state index contributed by atoms with van der Waals surface area (Å²) in [6.07, 6.45) is -4.77. The minimum absolute atomic E-state index is 0.0678. The summed E-state index contributed by atoms with van der Waals surface area (Å²) in [6, 6.07) is 11.3. The van der Waals surface area contributed by atoms with Gasteiger partial charge in [0.2, 0.25) is 5.91 Å². The van der Waals surface area contributed by atoms with E-state index >= 15 is 0 Å². The number of nitrogens with one attached hydrogen (secondary N) is 2. The van der Waals surface area contributed by atoms with E-state index in [2.05, 4.69) is 19.8 Å². The van der Waals surface area contributed by atoms with Crippen molar-refractivity contribution in [2.45, 2.75) is 17.8 Å². The Morgan fingerprint density at radius 3 is 2.46 bits per heavy atom. The lowest BCUT2D eigenvalue weighted by atomic mass is 10.2. The molecule has 2 aromatic rings. The Bertz CT molecular complexity index is 1020. The Hall–Kier alpha value is -3.08. The Labute approximate surface area is 158 Å². The lowest BCUT2D eigenvalue weighted by Crippen LogP contribution is -2.28. The van der Waals surface area contributed by atoms with E-state index in [1.165, 1.54) is 18.2 Å². The third-order valence-corrected chi connectivity index (χ3v) is 5.09. The molecule has 0 atom stereocenters. The van der Waals surface area contributed by atoms with E-state index in [-0.39, 0.29) is 29.6 Å². The summed E-state index contributed by atoms with van der Waals surface area (Å²) < 4.78 is 66.3. The summed E-state index contributed by atoms with van der Waals surface area (Å²) in [7, 11) is -3.68. The summed E-state index contributed by atoms with van der Waals surface area (Å²) >= 11 is 0. The number of alkyl halides is 3. The number of carbonyl (C=O) groups excluding carboxylic acids is 1. The van der Waals surface area contributed by atoms with E-state index < -0.39 is 22.3 Å². The number of hydrogen-bond donors (Lipinski definition) is 2. The summed E-state index contributed by atoms with van der Waals surface area (Å²) in [5, 5.41) is 2.55. The maximum atomic E-state index is 12.1. The van der Waals surface area contributed by atoms with Crippen LogP contribution >= 0.6 is 0 Å². The summed E-state index contributed by atoms with van der Waals surface area (Å²) in [5.74, 6) is -0.757. The minimum Gasteiger partial charge on any atom is -0.406 e. The normalized spacial score (nSPS) is 16.3. The Kier molecular flexibility index (Phi) is 5.27. The van der Waals surface area contributed by atoms with E-state index in [0.29, 0.717) is 11.1 Å². The maximum absolute atomic E-state index is 12.1. The van der Waals surface area contributed by atoms with E-state index in [4.69, 9.17) is 0 Å². The van der Waals surface area contributed by atoms with Gasteiger partial charge in [-0.3, -0.25) is 14.5 Å². The van der Waals surface area contributed by atoms with Gasteiger partial charge in [-0.1, -0.05) is 24.3 Å². The molecule has 2 aromatic carbocycles. The molecule has 1 amide bonds. The van der Waals surface area contributed by atoms with Crippen LogP contribution in [-0.2, 0) is 21.4 Å². The first kappa shape index (κ1) is 19.7. The number of amidine groups is 1. The van der Waals surface area contributed by atoms with Crippen molar-refractivity contribution in [3.05, 3.63) is 59.7 Å². The highest BCUT2D eigenvalue weighted by Gasteiger charge is 2.31. The van der Waals surface area contributed by atoms with Gasteiger partial charge in [0.05, 0.1) is 4.90 Å². The molecule has 2 N–H and O–H groups in total. The highest BCUT2D eigenvalue weighted by atomic mass is 32.2. The highest BCUT2D eigenvalue weighted by Crippen LogP contribution is 2.23. The number of sulfonamides is 1. The quantitative estimate of drug-likeness (QED) is 0.783. The lowest BCUT2D eigenvalue weighted by Gasteiger charge is -2.09. The molecule has 0 spiro atoms. The van der Waals surface area contributed by atoms with Crippen molar-refractivity contribution in [2.75, 3.05) is 6.54 Å². The lowest BCUT2D eigenvalue weighted by molar-refractivity contribution is -0.274. The molecule has 0 fully saturated rings. The molecular formula is C17H14F3N3O4S. The summed E-state index contributed by atoms with van der Waals surface area (Å²) in [5.41, 5.74) is 0.943. The molecule has 148 valence electrons. The second-order valence-electron chi connectivity index (χ2n) is 5.73. The van der Waals surface area contributed by atoms with Gasteiger partial charge >= 0.3 is 6.36 Å². The number of hydrogen-bond acceptors (Lipinski definition) is 5. The minimum atomic E-state index is -4.77. The fraction of sp³-hybridized carbons (Fsp3) is 0.176. The molecule has 3 rings (SSSR count). The van der Waals surface area contributed by atoms with Gasteiger partial charge in [-0.15, -0.1) is 13.2 Å². The van der Waals surface area contributed by atoms with Crippen LogP contribution < -0.4 is 14.8 Å². The number of halogens is 3. The number of rotatable bonds is 5. The monoisotopic (exact) mass is 413 g/mol. The molecule has 0 saturated heterocycles. The van der Waals surface area contributed by atoms with Gasteiger partial charge in [-0.05, 0) is 29.8 Å². The number of benzene rings is 2. The van der Waals surface area contributed by atoms with Crippen LogP contribution in [0.15, 0.2) is 58.4 Å². The Morgan fingerprint density at radius 1 is 1.11 bits per heavy atom. The van der Waals surface area contributed by atoms with Crippen LogP contribution in [0.4, 0.5) is 13.2 Å². The zero-order valence-corrected chi connectivity index (χ0v) is 15.0. The molecule has 0 saturated carbocycles. The van der Waals surface area contributed by atoms with Crippen LogP contribution in [0, 0.1) is 0 Å². The fourth-order valence-electron chi connectivity index (χ4n) is 2.47. The third-order valence-electron chi connectivity index (χ3n) is 3.69. The second kappa shape index (κ2) is 7.50. The largest absolute Gasteiger partial charge is 0.573 e. The van der Waals surface area contributed by atoms with E-state index in [9.17, 15) is 26.4 Å².